The molecule has 0 atom stereocenters. The van der Waals surface area contributed by atoms with Crippen molar-refractivity contribution in [3.8, 4) is 0 Å². The van der Waals surface area contributed by atoms with Crippen LogP contribution in [0.15, 0.2) is 53.4 Å². The summed E-state index contributed by atoms with van der Waals surface area (Å²) in [5, 5.41) is 6.48. The highest BCUT2D eigenvalue weighted by Crippen LogP contribution is 2.17. The van der Waals surface area contributed by atoms with E-state index in [0.717, 1.165) is 37.5 Å². The summed E-state index contributed by atoms with van der Waals surface area (Å²) in [7, 11) is -2.13. The Morgan fingerprint density at radius 2 is 1.69 bits per heavy atom. The summed E-state index contributed by atoms with van der Waals surface area (Å²) < 4.78 is 25.7. The molecule has 1 saturated heterocycles. The minimum atomic E-state index is -3.49. The number of likely N-dealkylation sites (tertiary alicyclic amines) is 1. The summed E-state index contributed by atoms with van der Waals surface area (Å²) in [4.78, 5) is 14.8. The fraction of sp³-hybridized carbons (Fsp3) is 0.350. The van der Waals surface area contributed by atoms with Crippen molar-refractivity contribution in [3.63, 3.8) is 0 Å². The number of carbonyl (C=O) groups excluding carboxylic acids is 1. The second kappa shape index (κ2) is 9.58. The van der Waals surface area contributed by atoms with Crippen LogP contribution in [0.4, 0.5) is 10.5 Å². The molecule has 2 amide bonds. The molecule has 0 aromatic heterocycles. The van der Waals surface area contributed by atoms with Gasteiger partial charge in [-0.3, -0.25) is 4.90 Å². The Balaban J connectivity index is 1.44. The monoisotopic (exact) mass is 436 g/mol. The largest absolute Gasteiger partial charge is 0.335 e. The van der Waals surface area contributed by atoms with E-state index in [-0.39, 0.29) is 17.0 Å². The first-order chi connectivity index (χ1) is 13.9. The maximum Gasteiger partial charge on any atom is 0.319 e. The lowest BCUT2D eigenvalue weighted by atomic mass is 10.0. The van der Waals surface area contributed by atoms with Crippen LogP contribution in [0.5, 0.6) is 0 Å². The summed E-state index contributed by atoms with van der Waals surface area (Å²) >= 11 is 5.92. The van der Waals surface area contributed by atoms with Crippen LogP contribution >= 0.6 is 11.6 Å². The summed E-state index contributed by atoms with van der Waals surface area (Å²) in [6.45, 7) is 2.69. The number of nitrogens with zero attached hydrogens (tertiary/aromatic N) is 1. The molecule has 0 bridgehead atoms. The topological polar surface area (TPSA) is 90.5 Å². The highest BCUT2D eigenvalue weighted by atomic mass is 35.5. The van der Waals surface area contributed by atoms with E-state index in [1.807, 2.05) is 24.3 Å². The van der Waals surface area contributed by atoms with Gasteiger partial charge in [-0.2, -0.15) is 0 Å². The normalized spacial score (nSPS) is 15.8. The van der Waals surface area contributed by atoms with Gasteiger partial charge in [0.15, 0.2) is 0 Å². The van der Waals surface area contributed by atoms with E-state index < -0.39 is 10.0 Å². The van der Waals surface area contributed by atoms with Crippen molar-refractivity contribution in [1.29, 1.82) is 0 Å². The van der Waals surface area contributed by atoms with Gasteiger partial charge in [0.1, 0.15) is 0 Å². The van der Waals surface area contributed by atoms with Crippen LogP contribution in [0.3, 0.4) is 0 Å². The maximum atomic E-state index is 12.2. The third-order valence-corrected chi connectivity index (χ3v) is 6.62. The Kier molecular flexibility index (Phi) is 7.13. The molecule has 29 heavy (non-hydrogen) atoms. The van der Waals surface area contributed by atoms with Gasteiger partial charge in [-0.1, -0.05) is 23.7 Å². The standard InChI is InChI=1S/C20H25ClN4O3S/c1-22-29(27,28)19-8-6-17(7-9-19)23-20(26)24-18-10-12-25(13-11-18)14-15-2-4-16(21)5-3-15/h2-9,18,22H,10-14H2,1H3,(H2,23,24,26). The second-order valence-electron chi connectivity index (χ2n) is 7.01. The summed E-state index contributed by atoms with van der Waals surface area (Å²) in [5.74, 6) is 0. The number of urea groups is 1. The lowest BCUT2D eigenvalue weighted by Crippen LogP contribution is -2.45. The number of carbonyl (C=O) groups is 1. The molecular formula is C20H25ClN4O3S. The van der Waals surface area contributed by atoms with Crippen LogP contribution < -0.4 is 15.4 Å². The van der Waals surface area contributed by atoms with Gasteiger partial charge in [0, 0.05) is 36.4 Å². The van der Waals surface area contributed by atoms with E-state index in [1.54, 1.807) is 12.1 Å². The molecule has 1 heterocycles. The lowest BCUT2D eigenvalue weighted by Gasteiger charge is -2.32. The van der Waals surface area contributed by atoms with Crippen LogP contribution in [0.2, 0.25) is 5.02 Å². The minimum absolute atomic E-state index is 0.111. The van der Waals surface area contributed by atoms with Crippen molar-refractivity contribution >= 4 is 33.3 Å². The molecular weight excluding hydrogens is 412 g/mol. The van der Waals surface area contributed by atoms with Crippen LogP contribution in [0.1, 0.15) is 18.4 Å². The zero-order valence-electron chi connectivity index (χ0n) is 16.2. The van der Waals surface area contributed by atoms with Gasteiger partial charge in [0.25, 0.3) is 0 Å². The fourth-order valence-electron chi connectivity index (χ4n) is 3.27. The van der Waals surface area contributed by atoms with Crippen molar-refractivity contribution in [3.05, 3.63) is 59.1 Å². The number of hydrogen-bond donors (Lipinski definition) is 3. The zero-order valence-corrected chi connectivity index (χ0v) is 17.8. The third-order valence-electron chi connectivity index (χ3n) is 4.93. The first kappa shape index (κ1) is 21.6. The van der Waals surface area contributed by atoms with E-state index in [4.69, 9.17) is 11.6 Å². The molecule has 3 rings (SSSR count). The number of sulfonamides is 1. The number of anilines is 1. The first-order valence-electron chi connectivity index (χ1n) is 9.43. The first-order valence-corrected chi connectivity index (χ1v) is 11.3. The number of hydrogen-bond acceptors (Lipinski definition) is 4. The predicted octanol–water partition coefficient (Wildman–Crippen LogP) is 3.03. The van der Waals surface area contributed by atoms with Crippen LogP contribution in [-0.2, 0) is 16.6 Å². The number of piperidine rings is 1. The molecule has 0 spiro atoms. The van der Waals surface area contributed by atoms with E-state index in [1.165, 1.54) is 24.7 Å². The lowest BCUT2D eigenvalue weighted by molar-refractivity contribution is 0.190. The SMILES string of the molecule is CNS(=O)(=O)c1ccc(NC(=O)NC2CCN(Cc3ccc(Cl)cc3)CC2)cc1. The van der Waals surface area contributed by atoms with E-state index >= 15 is 0 Å². The molecule has 0 radical (unpaired) electrons. The maximum absolute atomic E-state index is 12.2. The number of halogens is 1. The Bertz CT molecular complexity index is 925. The summed E-state index contributed by atoms with van der Waals surface area (Å²) in [6.07, 6.45) is 1.75. The fourth-order valence-corrected chi connectivity index (χ4v) is 4.13. The van der Waals surface area contributed by atoms with Gasteiger partial charge >= 0.3 is 6.03 Å². The van der Waals surface area contributed by atoms with Crippen molar-refractivity contribution < 1.29 is 13.2 Å². The smallest absolute Gasteiger partial charge is 0.319 e. The van der Waals surface area contributed by atoms with Crippen LogP contribution in [-0.4, -0.2) is 45.5 Å². The molecule has 7 nitrogen and oxygen atoms in total. The van der Waals surface area contributed by atoms with Gasteiger partial charge in [0.05, 0.1) is 4.90 Å². The molecule has 0 saturated carbocycles. The molecule has 1 aliphatic rings. The zero-order chi connectivity index (χ0) is 20.9. The highest BCUT2D eigenvalue weighted by Gasteiger charge is 2.21. The molecule has 2 aromatic carbocycles. The van der Waals surface area contributed by atoms with E-state index in [0.29, 0.717) is 5.69 Å². The van der Waals surface area contributed by atoms with Gasteiger partial charge in [-0.15, -0.1) is 0 Å². The van der Waals surface area contributed by atoms with Crippen molar-refractivity contribution in [2.75, 3.05) is 25.5 Å². The van der Waals surface area contributed by atoms with Gasteiger partial charge in [0.2, 0.25) is 10.0 Å². The predicted molar refractivity (Wildman–Crippen MR) is 115 cm³/mol. The molecule has 1 aliphatic heterocycles. The average Bonchev–Trinajstić information content (AvgIpc) is 2.71. The van der Waals surface area contributed by atoms with Gasteiger partial charge < -0.3 is 10.6 Å². The van der Waals surface area contributed by atoms with E-state index in [9.17, 15) is 13.2 Å². The molecule has 3 N–H and O–H groups in total. The molecule has 2 aromatic rings. The number of amides is 2. The molecule has 9 heteroatoms. The number of nitrogens with one attached hydrogen (secondary N) is 3. The van der Waals surface area contributed by atoms with Gasteiger partial charge in [-0.05, 0) is 61.9 Å². The Hall–Kier alpha value is -2.13. The Labute approximate surface area is 176 Å². The van der Waals surface area contributed by atoms with Crippen molar-refractivity contribution in [1.82, 2.24) is 14.9 Å². The van der Waals surface area contributed by atoms with E-state index in [2.05, 4.69) is 20.3 Å². The third kappa shape index (κ3) is 6.17. The average molecular weight is 437 g/mol. The quantitative estimate of drug-likeness (QED) is 0.649. The molecule has 0 unspecified atom stereocenters. The minimum Gasteiger partial charge on any atom is -0.335 e. The van der Waals surface area contributed by atoms with Crippen molar-refractivity contribution in [2.24, 2.45) is 0 Å². The Morgan fingerprint density at radius 3 is 2.28 bits per heavy atom. The molecule has 156 valence electrons. The van der Waals surface area contributed by atoms with Crippen molar-refractivity contribution in [2.45, 2.75) is 30.3 Å². The highest BCUT2D eigenvalue weighted by molar-refractivity contribution is 7.89. The second-order valence-corrected chi connectivity index (χ2v) is 9.33. The molecule has 0 aliphatic carbocycles. The molecule has 1 fully saturated rings. The van der Waals surface area contributed by atoms with Gasteiger partial charge in [-0.25, -0.2) is 17.9 Å². The summed E-state index contributed by atoms with van der Waals surface area (Å²) in [6, 6.07) is 13.7. The Morgan fingerprint density at radius 1 is 1.07 bits per heavy atom. The number of rotatable bonds is 6. The van der Waals surface area contributed by atoms with Crippen LogP contribution in [0, 0.1) is 0 Å². The summed E-state index contributed by atoms with van der Waals surface area (Å²) in [5.41, 5.74) is 1.76. The van der Waals surface area contributed by atoms with Crippen LogP contribution in [0.25, 0.3) is 0 Å². The number of benzene rings is 2.